The van der Waals surface area contributed by atoms with Gasteiger partial charge >= 0.3 is 0 Å². The number of aromatic nitrogens is 4. The molecule has 292 valence electrons. The van der Waals surface area contributed by atoms with Crippen molar-refractivity contribution < 1.29 is 4.42 Å². The highest BCUT2D eigenvalue weighted by atomic mass is 32.1. The maximum atomic E-state index is 7.09. The van der Waals surface area contributed by atoms with Crippen LogP contribution in [0.4, 0.5) is 0 Å². The molecule has 4 aromatic heterocycles. The summed E-state index contributed by atoms with van der Waals surface area (Å²) in [5.74, 6) is 1.79. The van der Waals surface area contributed by atoms with Crippen molar-refractivity contribution >= 4 is 108 Å². The first-order valence-corrected chi connectivity index (χ1v) is 22.0. The van der Waals surface area contributed by atoms with E-state index in [1.807, 2.05) is 30.3 Å². The highest BCUT2D eigenvalue weighted by Gasteiger charge is 2.23. The molecule has 0 amide bonds. The smallest absolute Gasteiger partial charge is 0.167 e. The largest absolute Gasteiger partial charge is 0.455 e. The summed E-state index contributed by atoms with van der Waals surface area (Å²) in [5.41, 5.74) is 7.67. The fourth-order valence-corrected chi connectivity index (χ4v) is 11.0. The van der Waals surface area contributed by atoms with Crippen molar-refractivity contribution in [2.24, 2.45) is 0 Å². The lowest BCUT2D eigenvalue weighted by molar-refractivity contribution is 0.673. The molecule has 6 heteroatoms. The zero-order valence-corrected chi connectivity index (χ0v) is 34.4. The van der Waals surface area contributed by atoms with Gasteiger partial charge in [0.1, 0.15) is 11.2 Å². The maximum Gasteiger partial charge on any atom is 0.167 e. The maximum absolute atomic E-state index is 7.09. The summed E-state index contributed by atoms with van der Waals surface area (Å²) in [4.78, 5) is 15.5. The van der Waals surface area contributed by atoms with E-state index in [-0.39, 0.29) is 0 Å². The van der Waals surface area contributed by atoms with Crippen molar-refractivity contribution in [1.29, 1.82) is 0 Å². The second kappa shape index (κ2) is 13.2. The van der Waals surface area contributed by atoms with E-state index >= 15 is 0 Å². The summed E-state index contributed by atoms with van der Waals surface area (Å²) in [6.07, 6.45) is 0. The van der Waals surface area contributed by atoms with Crippen LogP contribution in [0.15, 0.2) is 199 Å². The molecule has 14 aromatic rings. The molecular weight excluding hydrogens is 789 g/mol. The molecule has 63 heavy (non-hydrogen) atoms. The zero-order chi connectivity index (χ0) is 41.2. The number of hydrogen-bond donors (Lipinski definition) is 0. The van der Waals surface area contributed by atoms with E-state index in [4.69, 9.17) is 19.4 Å². The summed E-state index contributed by atoms with van der Waals surface area (Å²) < 4.78 is 12.0. The minimum absolute atomic E-state index is 0.561. The van der Waals surface area contributed by atoms with Crippen molar-refractivity contribution in [3.8, 4) is 39.9 Å². The highest BCUT2D eigenvalue weighted by Crippen LogP contribution is 2.44. The molecule has 0 aliphatic heterocycles. The summed E-state index contributed by atoms with van der Waals surface area (Å²) in [6.45, 7) is 0. The fourth-order valence-electron chi connectivity index (χ4n) is 9.82. The Morgan fingerprint density at radius 2 is 0.905 bits per heavy atom. The predicted molar refractivity (Wildman–Crippen MR) is 263 cm³/mol. The molecule has 4 heterocycles. The van der Waals surface area contributed by atoms with Gasteiger partial charge in [0.25, 0.3) is 0 Å². The molecule has 0 aliphatic rings. The second-order valence-electron chi connectivity index (χ2n) is 16.4. The highest BCUT2D eigenvalue weighted by molar-refractivity contribution is 7.25. The Morgan fingerprint density at radius 1 is 0.349 bits per heavy atom. The van der Waals surface area contributed by atoms with Gasteiger partial charge in [-0.1, -0.05) is 146 Å². The van der Waals surface area contributed by atoms with Crippen LogP contribution in [0.5, 0.6) is 0 Å². The van der Waals surface area contributed by atoms with E-state index in [2.05, 4.69) is 168 Å². The van der Waals surface area contributed by atoms with Gasteiger partial charge in [0, 0.05) is 63.6 Å². The van der Waals surface area contributed by atoms with E-state index in [9.17, 15) is 0 Å². The summed E-state index contributed by atoms with van der Waals surface area (Å²) in [5, 5.41) is 14.0. The average Bonchev–Trinajstić information content (AvgIpc) is 4.01. The molecule has 10 aromatic carbocycles. The van der Waals surface area contributed by atoms with Gasteiger partial charge in [0.2, 0.25) is 0 Å². The van der Waals surface area contributed by atoms with Crippen molar-refractivity contribution in [3.63, 3.8) is 0 Å². The molecule has 0 atom stereocenters. The van der Waals surface area contributed by atoms with Crippen LogP contribution in [0.25, 0.3) is 136 Å². The van der Waals surface area contributed by atoms with Gasteiger partial charge in [-0.05, 0) is 70.1 Å². The Morgan fingerprint density at radius 3 is 1.63 bits per heavy atom. The molecule has 0 saturated carbocycles. The van der Waals surface area contributed by atoms with E-state index in [0.29, 0.717) is 17.5 Å². The van der Waals surface area contributed by atoms with E-state index in [1.54, 1.807) is 11.3 Å². The third kappa shape index (κ3) is 5.19. The minimum atomic E-state index is 0.561. The third-order valence-corrected chi connectivity index (χ3v) is 13.9. The van der Waals surface area contributed by atoms with Crippen LogP contribution in [-0.2, 0) is 0 Å². The lowest BCUT2D eigenvalue weighted by atomic mass is 10.0. The van der Waals surface area contributed by atoms with Crippen molar-refractivity contribution in [2.75, 3.05) is 0 Å². The van der Waals surface area contributed by atoms with E-state index < -0.39 is 0 Å². The lowest BCUT2D eigenvalue weighted by Gasteiger charge is -2.13. The number of hydrogen-bond acceptors (Lipinski definition) is 5. The standard InChI is InChI=1S/C57H32N4OS/c1-2-13-33(14-3-1)55-58-56(38-25-26-41-40-20-10-11-24-51(40)63-52(41)31-38)60-57(59-55)44-23-12-22-43-47-32-50(39-19-8-9-21-42(39)54(47)62-53(43)44)61-48-29-36-17-6-4-15-34(36)27-45(48)46-28-35-16-5-7-18-37(35)30-49(46)61/h1-32H. The van der Waals surface area contributed by atoms with Crippen molar-refractivity contribution in [1.82, 2.24) is 19.5 Å². The number of furan rings is 1. The molecule has 14 rings (SSSR count). The molecule has 0 fully saturated rings. The van der Waals surface area contributed by atoms with Crippen LogP contribution in [0, 0.1) is 0 Å². The lowest BCUT2D eigenvalue weighted by Crippen LogP contribution is -2.00. The van der Waals surface area contributed by atoms with Crippen molar-refractivity contribution in [2.45, 2.75) is 0 Å². The molecule has 0 spiro atoms. The number of benzene rings is 10. The molecule has 0 saturated heterocycles. The summed E-state index contributed by atoms with van der Waals surface area (Å²) >= 11 is 1.79. The van der Waals surface area contributed by atoms with Gasteiger partial charge in [-0.15, -0.1) is 11.3 Å². The van der Waals surface area contributed by atoms with Crippen LogP contribution in [0.2, 0.25) is 0 Å². The van der Waals surface area contributed by atoms with E-state index in [1.165, 1.54) is 52.5 Å². The Labute approximate surface area is 363 Å². The predicted octanol–water partition coefficient (Wildman–Crippen LogP) is 15.7. The van der Waals surface area contributed by atoms with Crippen LogP contribution in [-0.4, -0.2) is 19.5 Å². The first-order chi connectivity index (χ1) is 31.2. The summed E-state index contributed by atoms with van der Waals surface area (Å²) in [6, 6.07) is 69.2. The molecule has 5 nitrogen and oxygen atoms in total. The average molecular weight is 821 g/mol. The van der Waals surface area contributed by atoms with Gasteiger partial charge in [0.15, 0.2) is 17.5 Å². The van der Waals surface area contributed by atoms with Gasteiger partial charge < -0.3 is 8.98 Å². The van der Waals surface area contributed by atoms with Crippen LogP contribution < -0.4 is 0 Å². The number of nitrogens with zero attached hydrogens (tertiary/aromatic N) is 4. The molecule has 0 radical (unpaired) electrons. The first kappa shape index (κ1) is 34.5. The number of para-hydroxylation sites is 1. The first-order valence-electron chi connectivity index (χ1n) is 21.2. The Balaban J connectivity index is 1.03. The molecule has 0 unspecified atom stereocenters. The van der Waals surface area contributed by atoms with Gasteiger partial charge in [-0.25, -0.2) is 15.0 Å². The minimum Gasteiger partial charge on any atom is -0.455 e. The second-order valence-corrected chi connectivity index (χ2v) is 17.4. The van der Waals surface area contributed by atoms with E-state index in [0.717, 1.165) is 66.1 Å². The fraction of sp³-hybridized carbons (Fsp3) is 0. The monoisotopic (exact) mass is 820 g/mol. The Bertz CT molecular complexity index is 4130. The number of rotatable bonds is 4. The van der Waals surface area contributed by atoms with Crippen LogP contribution >= 0.6 is 11.3 Å². The third-order valence-electron chi connectivity index (χ3n) is 12.8. The Kier molecular flexibility index (Phi) is 7.21. The normalized spacial score (nSPS) is 12.1. The SMILES string of the molecule is c1ccc(-c2nc(-c3ccc4c(c3)sc3ccccc34)nc(-c3cccc4c3oc3c5ccccc5c(-n5c6cc7ccccc7cc6c6cc7ccccc7cc65)cc43)n2)cc1. The van der Waals surface area contributed by atoms with Gasteiger partial charge in [0.05, 0.1) is 22.3 Å². The molecular formula is C57H32N4OS. The Hall–Kier alpha value is -8.19. The van der Waals surface area contributed by atoms with Gasteiger partial charge in [-0.2, -0.15) is 0 Å². The quantitative estimate of drug-likeness (QED) is 0.177. The number of thiophene rings is 1. The van der Waals surface area contributed by atoms with Crippen LogP contribution in [0.3, 0.4) is 0 Å². The van der Waals surface area contributed by atoms with Crippen LogP contribution in [0.1, 0.15) is 0 Å². The van der Waals surface area contributed by atoms with Gasteiger partial charge in [-0.3, -0.25) is 0 Å². The molecule has 0 bridgehead atoms. The number of fused-ring (bicyclic) bond motifs is 13. The summed E-state index contributed by atoms with van der Waals surface area (Å²) in [7, 11) is 0. The topological polar surface area (TPSA) is 56.7 Å². The van der Waals surface area contributed by atoms with Crippen molar-refractivity contribution in [3.05, 3.63) is 194 Å². The molecule has 0 N–H and O–H groups in total. The molecule has 0 aliphatic carbocycles. The zero-order valence-electron chi connectivity index (χ0n) is 33.6.